The SMILES string of the molecule is CC(C)Oc1ccc(CCC(=O)N2CCNCC2)cc1N. The minimum atomic E-state index is 0.104. The van der Waals surface area contributed by atoms with E-state index >= 15 is 0 Å². The minimum absolute atomic E-state index is 0.104. The van der Waals surface area contributed by atoms with Crippen LogP contribution in [0.5, 0.6) is 5.75 Å². The van der Waals surface area contributed by atoms with Gasteiger partial charge < -0.3 is 20.7 Å². The highest BCUT2D eigenvalue weighted by Crippen LogP contribution is 2.24. The molecule has 5 nitrogen and oxygen atoms in total. The first-order chi connectivity index (χ1) is 10.1. The Labute approximate surface area is 126 Å². The monoisotopic (exact) mass is 291 g/mol. The van der Waals surface area contributed by atoms with Crippen molar-refractivity contribution in [3.63, 3.8) is 0 Å². The lowest BCUT2D eigenvalue weighted by Gasteiger charge is -2.27. The quantitative estimate of drug-likeness (QED) is 0.805. The standard InChI is InChI=1S/C16H25N3O2/c1-12(2)21-15-5-3-13(11-14(15)17)4-6-16(20)19-9-7-18-8-10-19/h3,5,11-12,18H,4,6-10,17H2,1-2H3. The number of ether oxygens (including phenoxy) is 1. The van der Waals surface area contributed by atoms with Gasteiger partial charge >= 0.3 is 0 Å². The number of carbonyl (C=O) groups excluding carboxylic acids is 1. The number of nitrogens with two attached hydrogens (primary N) is 1. The van der Waals surface area contributed by atoms with E-state index in [1.165, 1.54) is 0 Å². The van der Waals surface area contributed by atoms with Gasteiger partial charge in [-0.2, -0.15) is 0 Å². The first kappa shape index (κ1) is 15.6. The highest BCUT2D eigenvalue weighted by atomic mass is 16.5. The first-order valence-corrected chi connectivity index (χ1v) is 7.60. The number of anilines is 1. The van der Waals surface area contributed by atoms with Gasteiger partial charge in [0.15, 0.2) is 0 Å². The molecule has 21 heavy (non-hydrogen) atoms. The van der Waals surface area contributed by atoms with E-state index in [1.54, 1.807) is 0 Å². The number of hydrogen-bond acceptors (Lipinski definition) is 4. The predicted octanol–water partition coefficient (Wildman–Crippen LogP) is 1.42. The lowest BCUT2D eigenvalue weighted by molar-refractivity contribution is -0.131. The normalized spacial score (nSPS) is 15.3. The summed E-state index contributed by atoms with van der Waals surface area (Å²) in [5.74, 6) is 0.930. The molecule has 0 saturated carbocycles. The minimum Gasteiger partial charge on any atom is -0.489 e. The van der Waals surface area contributed by atoms with E-state index in [0.717, 1.165) is 38.2 Å². The Hall–Kier alpha value is -1.75. The Morgan fingerprint density at radius 2 is 2.10 bits per heavy atom. The second-order valence-corrected chi connectivity index (χ2v) is 5.67. The number of piperazine rings is 1. The maximum atomic E-state index is 12.1. The summed E-state index contributed by atoms with van der Waals surface area (Å²) in [5, 5.41) is 3.25. The molecule has 1 aromatic carbocycles. The van der Waals surface area contributed by atoms with Crippen LogP contribution in [-0.2, 0) is 11.2 Å². The van der Waals surface area contributed by atoms with Crippen LogP contribution in [0.25, 0.3) is 0 Å². The molecule has 1 amide bonds. The summed E-state index contributed by atoms with van der Waals surface area (Å²) in [4.78, 5) is 14.0. The highest BCUT2D eigenvalue weighted by Gasteiger charge is 2.15. The van der Waals surface area contributed by atoms with Gasteiger partial charge in [-0.1, -0.05) is 6.07 Å². The fourth-order valence-electron chi connectivity index (χ4n) is 2.44. The van der Waals surface area contributed by atoms with Gasteiger partial charge in [-0.05, 0) is 38.0 Å². The Balaban J connectivity index is 1.88. The van der Waals surface area contributed by atoms with Crippen molar-refractivity contribution in [2.75, 3.05) is 31.9 Å². The van der Waals surface area contributed by atoms with Gasteiger partial charge in [0.2, 0.25) is 5.91 Å². The summed E-state index contributed by atoms with van der Waals surface area (Å²) in [6.07, 6.45) is 1.35. The number of carbonyl (C=O) groups is 1. The molecule has 1 aromatic rings. The molecule has 0 aliphatic carbocycles. The van der Waals surface area contributed by atoms with Gasteiger partial charge in [0.25, 0.3) is 0 Å². The van der Waals surface area contributed by atoms with E-state index in [2.05, 4.69) is 5.32 Å². The third-order valence-electron chi connectivity index (χ3n) is 3.53. The molecule has 3 N–H and O–H groups in total. The fraction of sp³-hybridized carbons (Fsp3) is 0.562. The van der Waals surface area contributed by atoms with E-state index in [0.29, 0.717) is 17.9 Å². The summed E-state index contributed by atoms with van der Waals surface area (Å²) in [7, 11) is 0. The van der Waals surface area contributed by atoms with Crippen molar-refractivity contribution in [2.45, 2.75) is 32.8 Å². The van der Waals surface area contributed by atoms with Crippen molar-refractivity contribution in [1.82, 2.24) is 10.2 Å². The molecule has 0 radical (unpaired) electrons. The Morgan fingerprint density at radius 1 is 1.38 bits per heavy atom. The molecule has 0 bridgehead atoms. The third kappa shape index (κ3) is 4.63. The first-order valence-electron chi connectivity index (χ1n) is 7.60. The Kier molecular flexibility index (Phi) is 5.44. The molecule has 1 aliphatic heterocycles. The van der Waals surface area contributed by atoms with Crippen LogP contribution in [0, 0.1) is 0 Å². The fourth-order valence-corrected chi connectivity index (χ4v) is 2.44. The van der Waals surface area contributed by atoms with Crippen molar-refractivity contribution in [3.8, 4) is 5.75 Å². The number of benzene rings is 1. The molecule has 1 aliphatic rings. The molecule has 0 aromatic heterocycles. The van der Waals surface area contributed by atoms with Crippen LogP contribution in [0.2, 0.25) is 0 Å². The molecule has 0 spiro atoms. The molecule has 2 rings (SSSR count). The zero-order chi connectivity index (χ0) is 15.2. The zero-order valence-corrected chi connectivity index (χ0v) is 12.9. The van der Waals surface area contributed by atoms with Crippen LogP contribution in [0.15, 0.2) is 18.2 Å². The van der Waals surface area contributed by atoms with Crippen LogP contribution in [0.4, 0.5) is 5.69 Å². The second kappa shape index (κ2) is 7.31. The maximum absolute atomic E-state index is 12.1. The van der Waals surface area contributed by atoms with Gasteiger partial charge in [-0.3, -0.25) is 4.79 Å². The number of rotatable bonds is 5. The summed E-state index contributed by atoms with van der Waals surface area (Å²) in [6.45, 7) is 7.34. The largest absolute Gasteiger partial charge is 0.489 e. The van der Waals surface area contributed by atoms with Crippen molar-refractivity contribution in [1.29, 1.82) is 0 Å². The summed E-state index contributed by atoms with van der Waals surface area (Å²) >= 11 is 0. The van der Waals surface area contributed by atoms with Gasteiger partial charge in [0, 0.05) is 32.6 Å². The Morgan fingerprint density at radius 3 is 2.71 bits per heavy atom. The lowest BCUT2D eigenvalue weighted by atomic mass is 10.1. The van der Waals surface area contributed by atoms with Crippen molar-refractivity contribution < 1.29 is 9.53 Å². The molecule has 1 saturated heterocycles. The lowest BCUT2D eigenvalue weighted by Crippen LogP contribution is -2.46. The topological polar surface area (TPSA) is 67.6 Å². The van der Waals surface area contributed by atoms with E-state index in [9.17, 15) is 4.79 Å². The summed E-state index contributed by atoms with van der Waals surface area (Å²) < 4.78 is 5.61. The summed E-state index contributed by atoms with van der Waals surface area (Å²) in [5.41, 5.74) is 7.70. The predicted molar refractivity (Wildman–Crippen MR) is 84.4 cm³/mol. The molecule has 5 heteroatoms. The zero-order valence-electron chi connectivity index (χ0n) is 12.9. The van der Waals surface area contributed by atoms with Gasteiger partial charge in [-0.25, -0.2) is 0 Å². The van der Waals surface area contributed by atoms with Crippen molar-refractivity contribution in [3.05, 3.63) is 23.8 Å². The van der Waals surface area contributed by atoms with Crippen LogP contribution >= 0.6 is 0 Å². The van der Waals surface area contributed by atoms with Gasteiger partial charge in [0.05, 0.1) is 11.8 Å². The van der Waals surface area contributed by atoms with E-state index in [4.69, 9.17) is 10.5 Å². The molecule has 0 unspecified atom stereocenters. The molecule has 1 heterocycles. The molecular weight excluding hydrogens is 266 g/mol. The third-order valence-corrected chi connectivity index (χ3v) is 3.53. The second-order valence-electron chi connectivity index (χ2n) is 5.67. The summed E-state index contributed by atoms with van der Waals surface area (Å²) in [6, 6.07) is 5.78. The molecular formula is C16H25N3O2. The van der Waals surface area contributed by atoms with Crippen LogP contribution in [0.3, 0.4) is 0 Å². The molecule has 0 atom stereocenters. The van der Waals surface area contributed by atoms with Crippen molar-refractivity contribution in [2.24, 2.45) is 0 Å². The smallest absolute Gasteiger partial charge is 0.222 e. The van der Waals surface area contributed by atoms with E-state index in [1.807, 2.05) is 36.9 Å². The average molecular weight is 291 g/mol. The van der Waals surface area contributed by atoms with Crippen LogP contribution < -0.4 is 15.8 Å². The highest BCUT2D eigenvalue weighted by molar-refractivity contribution is 5.76. The number of aryl methyl sites for hydroxylation is 1. The van der Waals surface area contributed by atoms with E-state index in [-0.39, 0.29) is 12.0 Å². The van der Waals surface area contributed by atoms with E-state index < -0.39 is 0 Å². The maximum Gasteiger partial charge on any atom is 0.222 e. The van der Waals surface area contributed by atoms with Crippen LogP contribution in [0.1, 0.15) is 25.8 Å². The number of amides is 1. The van der Waals surface area contributed by atoms with Crippen molar-refractivity contribution >= 4 is 11.6 Å². The number of nitrogen functional groups attached to an aromatic ring is 1. The number of hydrogen-bond donors (Lipinski definition) is 2. The van der Waals surface area contributed by atoms with Gasteiger partial charge in [-0.15, -0.1) is 0 Å². The van der Waals surface area contributed by atoms with Crippen LogP contribution in [-0.4, -0.2) is 43.1 Å². The number of nitrogens with zero attached hydrogens (tertiary/aromatic N) is 1. The molecule has 116 valence electrons. The number of nitrogens with one attached hydrogen (secondary N) is 1. The van der Waals surface area contributed by atoms with Gasteiger partial charge in [0.1, 0.15) is 5.75 Å². The average Bonchev–Trinajstić information content (AvgIpc) is 2.48. The Bertz CT molecular complexity index is 482. The molecule has 1 fully saturated rings.